The Morgan fingerprint density at radius 3 is 3.00 bits per heavy atom. The smallest absolute Gasteiger partial charge is 0.122 e. The largest absolute Gasteiger partial charge is 0.393 e. The second kappa shape index (κ2) is 5.65. The summed E-state index contributed by atoms with van der Waals surface area (Å²) in [5.74, 6) is 1.56. The third-order valence-corrected chi connectivity index (χ3v) is 3.72. The third-order valence-electron chi connectivity index (χ3n) is 3.72. The van der Waals surface area contributed by atoms with E-state index >= 15 is 0 Å². The monoisotopic (exact) mass is 237 g/mol. The first-order valence-corrected chi connectivity index (χ1v) is 6.57. The van der Waals surface area contributed by atoms with Crippen molar-refractivity contribution in [3.8, 4) is 0 Å². The van der Waals surface area contributed by atoms with Crippen molar-refractivity contribution in [2.24, 2.45) is 5.92 Å². The summed E-state index contributed by atoms with van der Waals surface area (Å²) in [6.07, 6.45) is 7.09. The van der Waals surface area contributed by atoms with Crippen molar-refractivity contribution in [1.29, 1.82) is 0 Å². The first kappa shape index (κ1) is 12.6. The lowest BCUT2D eigenvalue weighted by Gasteiger charge is -2.22. The summed E-state index contributed by atoms with van der Waals surface area (Å²) >= 11 is 0. The van der Waals surface area contributed by atoms with E-state index in [4.69, 9.17) is 0 Å². The molecule has 0 saturated heterocycles. The fourth-order valence-corrected chi connectivity index (χ4v) is 2.72. The van der Waals surface area contributed by atoms with Crippen LogP contribution >= 0.6 is 0 Å². The highest BCUT2D eigenvalue weighted by atomic mass is 16.3. The van der Waals surface area contributed by atoms with Crippen LogP contribution < -0.4 is 0 Å². The topological polar surface area (TPSA) is 41.3 Å². The average molecular weight is 237 g/mol. The van der Waals surface area contributed by atoms with Gasteiger partial charge in [0.05, 0.1) is 12.6 Å². The molecule has 1 aliphatic rings. The molecule has 0 spiro atoms. The summed E-state index contributed by atoms with van der Waals surface area (Å²) in [7, 11) is 2.11. The van der Waals surface area contributed by atoms with Crippen LogP contribution in [0.5, 0.6) is 0 Å². The molecule has 2 atom stereocenters. The van der Waals surface area contributed by atoms with Gasteiger partial charge in [-0.15, -0.1) is 0 Å². The zero-order valence-corrected chi connectivity index (χ0v) is 10.8. The number of aliphatic hydroxyl groups is 1. The van der Waals surface area contributed by atoms with E-state index in [1.165, 1.54) is 6.42 Å². The van der Waals surface area contributed by atoms with Gasteiger partial charge in [-0.25, -0.2) is 4.98 Å². The molecule has 1 fully saturated rings. The Morgan fingerprint density at radius 2 is 2.35 bits per heavy atom. The number of hydrogen-bond donors (Lipinski definition) is 1. The van der Waals surface area contributed by atoms with Gasteiger partial charge in [-0.05, 0) is 32.7 Å². The van der Waals surface area contributed by atoms with Crippen LogP contribution in [0.15, 0.2) is 12.4 Å². The fraction of sp³-hybridized carbons (Fsp3) is 0.769. The molecule has 1 aliphatic carbocycles. The highest BCUT2D eigenvalue weighted by Crippen LogP contribution is 2.26. The summed E-state index contributed by atoms with van der Waals surface area (Å²) < 4.78 is 2.17. The van der Waals surface area contributed by atoms with Crippen LogP contribution in [0.4, 0.5) is 0 Å². The number of hydrogen-bond acceptors (Lipinski definition) is 3. The lowest BCUT2D eigenvalue weighted by Crippen LogP contribution is -2.30. The van der Waals surface area contributed by atoms with Crippen LogP contribution in [0.25, 0.3) is 0 Å². The highest BCUT2D eigenvalue weighted by Gasteiger charge is 2.26. The van der Waals surface area contributed by atoms with Gasteiger partial charge in [-0.3, -0.25) is 4.90 Å². The minimum absolute atomic E-state index is 0.0941. The van der Waals surface area contributed by atoms with Gasteiger partial charge < -0.3 is 9.67 Å². The molecule has 1 saturated carbocycles. The molecule has 17 heavy (non-hydrogen) atoms. The molecule has 96 valence electrons. The van der Waals surface area contributed by atoms with Gasteiger partial charge >= 0.3 is 0 Å². The van der Waals surface area contributed by atoms with E-state index in [0.29, 0.717) is 5.92 Å². The van der Waals surface area contributed by atoms with E-state index in [2.05, 4.69) is 28.4 Å². The molecule has 0 bridgehead atoms. The molecule has 0 aromatic carbocycles. The second-order valence-electron chi connectivity index (χ2n) is 5.08. The molecule has 4 heteroatoms. The Kier molecular flexibility index (Phi) is 4.18. The van der Waals surface area contributed by atoms with Crippen molar-refractivity contribution in [2.45, 2.75) is 45.4 Å². The lowest BCUT2D eigenvalue weighted by atomic mass is 10.1. The van der Waals surface area contributed by atoms with Crippen LogP contribution in [0.3, 0.4) is 0 Å². The normalized spacial score (nSPS) is 24.7. The molecule has 0 radical (unpaired) electrons. The van der Waals surface area contributed by atoms with E-state index in [0.717, 1.165) is 38.3 Å². The van der Waals surface area contributed by atoms with Crippen molar-refractivity contribution >= 4 is 0 Å². The maximum atomic E-state index is 9.82. The quantitative estimate of drug-likeness (QED) is 0.843. The summed E-state index contributed by atoms with van der Waals surface area (Å²) in [5, 5.41) is 9.82. The SMILES string of the molecule is CCn1ccnc1CN(C)CC1CCCC1O. The van der Waals surface area contributed by atoms with Crippen molar-refractivity contribution in [3.63, 3.8) is 0 Å². The minimum atomic E-state index is -0.0941. The summed E-state index contributed by atoms with van der Waals surface area (Å²) in [5.41, 5.74) is 0. The molecule has 4 nitrogen and oxygen atoms in total. The Balaban J connectivity index is 1.86. The number of nitrogens with zero attached hydrogens (tertiary/aromatic N) is 3. The van der Waals surface area contributed by atoms with Crippen LogP contribution in [-0.2, 0) is 13.1 Å². The van der Waals surface area contributed by atoms with Gasteiger partial charge in [-0.1, -0.05) is 6.42 Å². The number of aryl methyl sites for hydroxylation is 1. The van der Waals surface area contributed by atoms with E-state index in [1.807, 2.05) is 12.4 Å². The molecule has 2 unspecified atom stereocenters. The molecule has 1 heterocycles. The zero-order valence-electron chi connectivity index (χ0n) is 10.8. The molecule has 2 rings (SSSR count). The van der Waals surface area contributed by atoms with Crippen LogP contribution in [-0.4, -0.2) is 39.3 Å². The van der Waals surface area contributed by atoms with Gasteiger partial charge in [-0.2, -0.15) is 0 Å². The van der Waals surface area contributed by atoms with Gasteiger partial charge in [0.2, 0.25) is 0 Å². The Hall–Kier alpha value is -0.870. The van der Waals surface area contributed by atoms with E-state index in [9.17, 15) is 5.11 Å². The summed E-state index contributed by atoms with van der Waals surface area (Å²) in [6, 6.07) is 0. The van der Waals surface area contributed by atoms with E-state index in [1.54, 1.807) is 0 Å². The van der Waals surface area contributed by atoms with Crippen LogP contribution in [0.1, 0.15) is 32.0 Å². The molecule has 1 aromatic rings. The number of imidazole rings is 1. The van der Waals surface area contributed by atoms with Crippen LogP contribution in [0, 0.1) is 5.92 Å². The maximum absolute atomic E-state index is 9.82. The first-order chi connectivity index (χ1) is 8.20. The van der Waals surface area contributed by atoms with Crippen molar-refractivity contribution in [1.82, 2.24) is 14.5 Å². The molecular weight excluding hydrogens is 214 g/mol. The highest BCUT2D eigenvalue weighted by molar-refractivity contribution is 4.92. The van der Waals surface area contributed by atoms with Crippen molar-refractivity contribution in [3.05, 3.63) is 18.2 Å². The fourth-order valence-electron chi connectivity index (χ4n) is 2.72. The van der Waals surface area contributed by atoms with Gasteiger partial charge in [0, 0.05) is 25.5 Å². The number of aliphatic hydroxyl groups excluding tert-OH is 1. The molecular formula is C13H23N3O. The molecule has 0 amide bonds. The molecule has 0 aliphatic heterocycles. The summed E-state index contributed by atoms with van der Waals surface area (Å²) in [4.78, 5) is 6.65. The van der Waals surface area contributed by atoms with Crippen molar-refractivity contribution < 1.29 is 5.11 Å². The van der Waals surface area contributed by atoms with Crippen molar-refractivity contribution in [2.75, 3.05) is 13.6 Å². The standard InChI is InChI=1S/C13H23N3O/c1-3-16-8-7-14-13(16)10-15(2)9-11-5-4-6-12(11)17/h7-8,11-12,17H,3-6,9-10H2,1-2H3. The Bertz CT molecular complexity index is 350. The summed E-state index contributed by atoms with van der Waals surface area (Å²) in [6.45, 7) is 4.93. The second-order valence-corrected chi connectivity index (χ2v) is 5.08. The predicted molar refractivity (Wildman–Crippen MR) is 67.6 cm³/mol. The van der Waals surface area contributed by atoms with Gasteiger partial charge in [0.25, 0.3) is 0 Å². The predicted octanol–water partition coefficient (Wildman–Crippen LogP) is 1.50. The first-order valence-electron chi connectivity index (χ1n) is 6.57. The van der Waals surface area contributed by atoms with E-state index < -0.39 is 0 Å². The van der Waals surface area contributed by atoms with Gasteiger partial charge in [0.15, 0.2) is 0 Å². The zero-order chi connectivity index (χ0) is 12.3. The average Bonchev–Trinajstić information content (AvgIpc) is 2.89. The maximum Gasteiger partial charge on any atom is 0.122 e. The Labute approximate surface area is 103 Å². The van der Waals surface area contributed by atoms with E-state index in [-0.39, 0.29) is 6.10 Å². The number of aromatic nitrogens is 2. The minimum Gasteiger partial charge on any atom is -0.393 e. The molecule has 1 aromatic heterocycles. The lowest BCUT2D eigenvalue weighted by molar-refractivity contribution is 0.107. The Morgan fingerprint density at radius 1 is 1.53 bits per heavy atom. The number of rotatable bonds is 5. The molecule has 1 N–H and O–H groups in total. The third kappa shape index (κ3) is 3.07. The van der Waals surface area contributed by atoms with Crippen LogP contribution in [0.2, 0.25) is 0 Å². The van der Waals surface area contributed by atoms with Gasteiger partial charge in [0.1, 0.15) is 5.82 Å².